The zero-order valence-electron chi connectivity index (χ0n) is 19.0. The van der Waals surface area contributed by atoms with Crippen LogP contribution < -0.4 is 5.32 Å². The number of halogens is 3. The molecule has 1 aliphatic rings. The van der Waals surface area contributed by atoms with Crippen LogP contribution in [0.1, 0.15) is 27.5 Å². The summed E-state index contributed by atoms with van der Waals surface area (Å²) in [5, 5.41) is 3.04. The number of nitrogens with one attached hydrogen (secondary N) is 1. The molecule has 1 unspecified atom stereocenters. The van der Waals surface area contributed by atoms with Gasteiger partial charge in [-0.3, -0.25) is 4.79 Å². The predicted molar refractivity (Wildman–Crippen MR) is 121 cm³/mol. The Bertz CT molecular complexity index is 1080. The molecule has 1 atom stereocenters. The molecule has 1 heterocycles. The van der Waals surface area contributed by atoms with E-state index >= 15 is 0 Å². The van der Waals surface area contributed by atoms with Crippen LogP contribution >= 0.6 is 0 Å². The topological polar surface area (TPSA) is 79.0 Å². The number of carbonyl (C=O) groups is 1. The lowest BCUT2D eigenvalue weighted by Crippen LogP contribution is -2.40. The van der Waals surface area contributed by atoms with E-state index in [0.29, 0.717) is 25.3 Å². The van der Waals surface area contributed by atoms with E-state index < -0.39 is 21.8 Å². The maximum atomic E-state index is 12.9. The number of alkyl halides is 3. The summed E-state index contributed by atoms with van der Waals surface area (Å²) in [4.78, 5) is 14.6. The van der Waals surface area contributed by atoms with Gasteiger partial charge in [-0.15, -0.1) is 0 Å². The summed E-state index contributed by atoms with van der Waals surface area (Å²) < 4.78 is 70.7. The van der Waals surface area contributed by atoms with Crippen LogP contribution in [0.25, 0.3) is 0 Å². The average molecular weight is 500 g/mol. The standard InChI is InChI=1S/C23H28F3N3O4S/c1-28(2)21(17-6-8-19(9-7-17)23(24,25)26)15-27-16-22(30)18-4-3-5-20(14-18)34(31,32)29-10-12-33-13-11-29/h3-9,14,21,27H,10-13,15-16H2,1-2H3. The SMILES string of the molecule is CN(C)C(CNCC(=O)c1cccc(S(=O)(=O)N2CCOCC2)c1)c1ccc(C(F)(F)F)cc1. The van der Waals surface area contributed by atoms with E-state index in [0.717, 1.165) is 12.1 Å². The quantitative estimate of drug-likeness (QED) is 0.535. The zero-order chi connectivity index (χ0) is 24.9. The Morgan fingerprint density at radius 3 is 2.35 bits per heavy atom. The van der Waals surface area contributed by atoms with Gasteiger partial charge in [0.2, 0.25) is 10.0 Å². The molecule has 0 spiro atoms. The second-order valence-electron chi connectivity index (χ2n) is 8.20. The van der Waals surface area contributed by atoms with E-state index in [1.165, 1.54) is 34.6 Å². The van der Waals surface area contributed by atoms with E-state index in [-0.39, 0.29) is 41.9 Å². The molecule has 2 aromatic rings. The summed E-state index contributed by atoms with van der Waals surface area (Å²) >= 11 is 0. The number of benzene rings is 2. The van der Waals surface area contributed by atoms with E-state index in [4.69, 9.17) is 4.74 Å². The Kier molecular flexibility index (Phi) is 8.47. The largest absolute Gasteiger partial charge is 0.416 e. The van der Waals surface area contributed by atoms with E-state index in [1.807, 2.05) is 4.90 Å². The highest BCUT2D eigenvalue weighted by Gasteiger charge is 2.30. The molecule has 3 rings (SSSR count). The monoisotopic (exact) mass is 499 g/mol. The molecule has 2 aromatic carbocycles. The zero-order valence-corrected chi connectivity index (χ0v) is 19.8. The van der Waals surface area contributed by atoms with Gasteiger partial charge in [-0.25, -0.2) is 8.42 Å². The van der Waals surface area contributed by atoms with E-state index in [2.05, 4.69) is 5.32 Å². The molecular weight excluding hydrogens is 471 g/mol. The minimum Gasteiger partial charge on any atom is -0.379 e. The van der Waals surface area contributed by atoms with Gasteiger partial charge in [0, 0.05) is 31.2 Å². The molecule has 0 aromatic heterocycles. The minimum absolute atomic E-state index is 0.0496. The first kappa shape index (κ1) is 26.3. The third kappa shape index (κ3) is 6.42. The fourth-order valence-corrected chi connectivity index (χ4v) is 5.14. The molecule has 1 fully saturated rings. The number of nitrogens with zero attached hydrogens (tertiary/aromatic N) is 2. The smallest absolute Gasteiger partial charge is 0.379 e. The van der Waals surface area contributed by atoms with Crippen molar-refractivity contribution in [2.45, 2.75) is 17.1 Å². The van der Waals surface area contributed by atoms with E-state index in [9.17, 15) is 26.4 Å². The van der Waals surface area contributed by atoms with Gasteiger partial charge in [0.15, 0.2) is 5.78 Å². The van der Waals surface area contributed by atoms with E-state index in [1.54, 1.807) is 20.2 Å². The molecular formula is C23H28F3N3O4S. The molecule has 0 radical (unpaired) electrons. The van der Waals surface area contributed by atoms with Crippen molar-refractivity contribution in [1.82, 2.24) is 14.5 Å². The van der Waals surface area contributed by atoms with Crippen LogP contribution in [0.5, 0.6) is 0 Å². The molecule has 11 heteroatoms. The van der Waals surface area contributed by atoms with Gasteiger partial charge in [-0.05, 0) is 43.9 Å². The van der Waals surface area contributed by atoms with Crippen molar-refractivity contribution in [3.63, 3.8) is 0 Å². The number of morpholine rings is 1. The molecule has 0 amide bonds. The number of sulfonamides is 1. The Morgan fingerprint density at radius 1 is 1.12 bits per heavy atom. The summed E-state index contributed by atoms with van der Waals surface area (Å²) in [5.74, 6) is -0.288. The maximum Gasteiger partial charge on any atom is 0.416 e. The van der Waals surface area contributed by atoms with Gasteiger partial charge in [0.1, 0.15) is 0 Å². The summed E-state index contributed by atoms with van der Waals surface area (Å²) in [7, 11) is -0.125. The van der Waals surface area contributed by atoms with Crippen molar-refractivity contribution >= 4 is 15.8 Å². The lowest BCUT2D eigenvalue weighted by Gasteiger charge is -2.26. The van der Waals surface area contributed by atoms with Crippen molar-refractivity contribution in [2.24, 2.45) is 0 Å². The maximum absolute atomic E-state index is 12.9. The Hall–Kier alpha value is -2.31. The van der Waals surface area contributed by atoms with Crippen molar-refractivity contribution in [3.8, 4) is 0 Å². The molecule has 34 heavy (non-hydrogen) atoms. The highest BCUT2D eigenvalue weighted by atomic mass is 32.2. The molecule has 7 nitrogen and oxygen atoms in total. The van der Waals surface area contributed by atoms with Crippen LogP contribution in [-0.4, -0.2) is 76.9 Å². The lowest BCUT2D eigenvalue weighted by molar-refractivity contribution is -0.137. The fourth-order valence-electron chi connectivity index (χ4n) is 3.68. The number of Topliss-reactive ketones (excluding diaryl/α,β-unsaturated/α-hetero) is 1. The third-order valence-corrected chi connectivity index (χ3v) is 7.53. The van der Waals surface area contributed by atoms with Crippen molar-refractivity contribution in [2.75, 3.05) is 53.5 Å². The molecule has 186 valence electrons. The van der Waals surface area contributed by atoms with Gasteiger partial charge in [0.25, 0.3) is 0 Å². The number of rotatable bonds is 9. The Balaban J connectivity index is 1.64. The highest BCUT2D eigenvalue weighted by molar-refractivity contribution is 7.89. The number of ether oxygens (including phenoxy) is 1. The molecule has 1 N–H and O–H groups in total. The number of ketones is 1. The van der Waals surface area contributed by atoms with Gasteiger partial charge >= 0.3 is 6.18 Å². The first-order valence-corrected chi connectivity index (χ1v) is 12.2. The highest BCUT2D eigenvalue weighted by Crippen LogP contribution is 2.30. The normalized spacial score (nSPS) is 16.5. The Labute approximate surface area is 197 Å². The number of carbonyl (C=O) groups excluding carboxylic acids is 1. The Morgan fingerprint density at radius 2 is 1.76 bits per heavy atom. The summed E-state index contributed by atoms with van der Waals surface area (Å²) in [6, 6.07) is 10.6. The van der Waals surface area contributed by atoms with Crippen LogP contribution in [0.2, 0.25) is 0 Å². The van der Waals surface area contributed by atoms with Gasteiger partial charge < -0.3 is 15.0 Å². The minimum atomic E-state index is -4.40. The van der Waals surface area contributed by atoms with Crippen LogP contribution in [0, 0.1) is 0 Å². The number of hydrogen-bond acceptors (Lipinski definition) is 6. The van der Waals surface area contributed by atoms with Crippen LogP contribution in [0.3, 0.4) is 0 Å². The van der Waals surface area contributed by atoms with Gasteiger partial charge in [-0.1, -0.05) is 24.3 Å². The van der Waals surface area contributed by atoms with Gasteiger partial charge in [-0.2, -0.15) is 17.5 Å². The van der Waals surface area contributed by atoms with Crippen LogP contribution in [0.4, 0.5) is 13.2 Å². The number of likely N-dealkylation sites (N-methyl/N-ethyl adjacent to an activating group) is 1. The molecule has 0 aliphatic carbocycles. The first-order chi connectivity index (χ1) is 16.0. The summed E-state index contributed by atoms with van der Waals surface area (Å²) in [5.41, 5.74) is 0.220. The van der Waals surface area contributed by atoms with Crippen molar-refractivity contribution < 1.29 is 31.1 Å². The predicted octanol–water partition coefficient (Wildman–Crippen LogP) is 2.80. The lowest BCUT2D eigenvalue weighted by atomic mass is 10.0. The molecule has 1 saturated heterocycles. The second-order valence-corrected chi connectivity index (χ2v) is 10.1. The summed E-state index contributed by atoms with van der Waals surface area (Å²) in [6.45, 7) is 1.44. The fraction of sp³-hybridized carbons (Fsp3) is 0.435. The molecule has 1 aliphatic heterocycles. The molecule has 0 saturated carbocycles. The van der Waals surface area contributed by atoms with Crippen LogP contribution in [-0.2, 0) is 20.9 Å². The van der Waals surface area contributed by atoms with Crippen molar-refractivity contribution in [3.05, 3.63) is 65.2 Å². The molecule has 0 bridgehead atoms. The van der Waals surface area contributed by atoms with Gasteiger partial charge in [0.05, 0.1) is 30.2 Å². The summed E-state index contributed by atoms with van der Waals surface area (Å²) in [6.07, 6.45) is -4.40. The average Bonchev–Trinajstić information content (AvgIpc) is 2.81. The van der Waals surface area contributed by atoms with Crippen LogP contribution in [0.15, 0.2) is 53.4 Å². The first-order valence-electron chi connectivity index (χ1n) is 10.8. The number of hydrogen-bond donors (Lipinski definition) is 1. The third-order valence-electron chi connectivity index (χ3n) is 5.63. The second kappa shape index (κ2) is 11.0. The van der Waals surface area contributed by atoms with Crippen molar-refractivity contribution in [1.29, 1.82) is 0 Å².